The van der Waals surface area contributed by atoms with Gasteiger partial charge < -0.3 is 10.2 Å². The average molecular weight is 267 g/mol. The Labute approximate surface area is 117 Å². The summed E-state index contributed by atoms with van der Waals surface area (Å²) in [4.78, 5) is 16.5. The van der Waals surface area contributed by atoms with Gasteiger partial charge in [-0.2, -0.15) is 0 Å². The first-order valence-electron chi connectivity index (χ1n) is 8.00. The van der Waals surface area contributed by atoms with E-state index in [4.69, 9.17) is 0 Å². The highest BCUT2D eigenvalue weighted by molar-refractivity contribution is 5.78. The molecule has 0 bridgehead atoms. The van der Waals surface area contributed by atoms with E-state index in [9.17, 15) is 4.79 Å². The van der Waals surface area contributed by atoms with Crippen LogP contribution in [0.15, 0.2) is 0 Å². The third kappa shape index (κ3) is 4.77. The van der Waals surface area contributed by atoms with Gasteiger partial charge in [0.1, 0.15) is 0 Å². The molecule has 1 N–H and O–H groups in total. The number of piperidine rings is 1. The van der Waals surface area contributed by atoms with Gasteiger partial charge in [0.2, 0.25) is 5.91 Å². The topological polar surface area (TPSA) is 35.6 Å². The minimum Gasteiger partial charge on any atom is -0.342 e. The first kappa shape index (κ1) is 14.8. The first-order valence-corrected chi connectivity index (χ1v) is 8.00. The van der Waals surface area contributed by atoms with Crippen molar-refractivity contribution in [2.24, 2.45) is 5.92 Å². The van der Waals surface area contributed by atoms with Crippen LogP contribution >= 0.6 is 0 Å². The molecular weight excluding hydrogens is 238 g/mol. The molecular formula is C15H29N3O. The third-order valence-electron chi connectivity index (χ3n) is 4.38. The second kappa shape index (κ2) is 7.85. The van der Waals surface area contributed by atoms with Gasteiger partial charge in [0, 0.05) is 13.1 Å². The largest absolute Gasteiger partial charge is 0.342 e. The van der Waals surface area contributed by atoms with E-state index in [0.717, 1.165) is 45.2 Å². The monoisotopic (exact) mass is 267 g/mol. The number of hydrogen-bond donors (Lipinski definition) is 1. The molecule has 0 saturated carbocycles. The Morgan fingerprint density at radius 1 is 1.16 bits per heavy atom. The van der Waals surface area contributed by atoms with Crippen molar-refractivity contribution in [3.8, 4) is 0 Å². The number of carbonyl (C=O) groups excluding carboxylic acids is 1. The molecule has 4 heteroatoms. The Morgan fingerprint density at radius 2 is 1.84 bits per heavy atom. The van der Waals surface area contributed by atoms with E-state index in [1.165, 1.54) is 32.1 Å². The molecule has 2 rings (SSSR count). The van der Waals surface area contributed by atoms with Gasteiger partial charge in [-0.25, -0.2) is 0 Å². The summed E-state index contributed by atoms with van der Waals surface area (Å²) in [5.74, 6) is 1.16. The minimum absolute atomic E-state index is 0.347. The van der Waals surface area contributed by atoms with Crippen LogP contribution in [0.4, 0.5) is 0 Å². The van der Waals surface area contributed by atoms with E-state index in [1.54, 1.807) is 0 Å². The molecule has 0 spiro atoms. The molecule has 0 unspecified atom stereocenters. The van der Waals surface area contributed by atoms with Gasteiger partial charge in [0.25, 0.3) is 0 Å². The molecule has 2 aliphatic heterocycles. The fourth-order valence-electron chi connectivity index (χ4n) is 3.09. The van der Waals surface area contributed by atoms with E-state index >= 15 is 0 Å². The molecule has 2 aliphatic rings. The molecule has 0 aromatic rings. The van der Waals surface area contributed by atoms with Crippen molar-refractivity contribution in [1.82, 2.24) is 15.1 Å². The van der Waals surface area contributed by atoms with E-state index in [1.807, 2.05) is 4.90 Å². The number of likely N-dealkylation sites (tertiary alicyclic amines) is 2. The molecule has 0 aliphatic carbocycles. The van der Waals surface area contributed by atoms with Gasteiger partial charge in [-0.3, -0.25) is 9.69 Å². The van der Waals surface area contributed by atoms with E-state index in [2.05, 4.69) is 17.1 Å². The highest BCUT2D eigenvalue weighted by atomic mass is 16.2. The predicted molar refractivity (Wildman–Crippen MR) is 78.1 cm³/mol. The van der Waals surface area contributed by atoms with Gasteiger partial charge in [0.05, 0.1) is 6.54 Å². The molecule has 2 saturated heterocycles. The van der Waals surface area contributed by atoms with Gasteiger partial charge in [-0.05, 0) is 64.2 Å². The van der Waals surface area contributed by atoms with Crippen molar-refractivity contribution in [1.29, 1.82) is 0 Å². The third-order valence-corrected chi connectivity index (χ3v) is 4.38. The van der Waals surface area contributed by atoms with Crippen molar-refractivity contribution in [2.75, 3.05) is 45.8 Å². The zero-order chi connectivity index (χ0) is 13.5. The molecule has 4 nitrogen and oxygen atoms in total. The SMILES string of the molecule is CCCNCC1CCN(CC(=O)N2CCCC2)CC1. The van der Waals surface area contributed by atoms with Crippen LogP contribution in [0.5, 0.6) is 0 Å². The second-order valence-corrected chi connectivity index (χ2v) is 6.01. The van der Waals surface area contributed by atoms with Crippen LogP contribution in [-0.2, 0) is 4.79 Å². The highest BCUT2D eigenvalue weighted by Gasteiger charge is 2.24. The number of nitrogens with one attached hydrogen (secondary N) is 1. The first-order chi connectivity index (χ1) is 9.29. The Balaban J connectivity index is 1.61. The van der Waals surface area contributed by atoms with Gasteiger partial charge in [-0.15, -0.1) is 0 Å². The maximum atomic E-state index is 12.1. The van der Waals surface area contributed by atoms with Crippen molar-refractivity contribution in [2.45, 2.75) is 39.0 Å². The summed E-state index contributed by atoms with van der Waals surface area (Å²) < 4.78 is 0. The van der Waals surface area contributed by atoms with Gasteiger partial charge in [0.15, 0.2) is 0 Å². The fourth-order valence-corrected chi connectivity index (χ4v) is 3.09. The minimum atomic E-state index is 0.347. The number of nitrogens with zero attached hydrogens (tertiary/aromatic N) is 2. The number of carbonyl (C=O) groups is 1. The Bertz CT molecular complexity index is 269. The van der Waals surface area contributed by atoms with Crippen LogP contribution in [0.2, 0.25) is 0 Å². The van der Waals surface area contributed by atoms with Crippen molar-refractivity contribution < 1.29 is 4.79 Å². The van der Waals surface area contributed by atoms with Crippen LogP contribution in [0.1, 0.15) is 39.0 Å². The Kier molecular flexibility index (Phi) is 6.11. The quantitative estimate of drug-likeness (QED) is 0.737. The molecule has 19 heavy (non-hydrogen) atoms. The van der Waals surface area contributed by atoms with Gasteiger partial charge >= 0.3 is 0 Å². The summed E-state index contributed by atoms with van der Waals surface area (Å²) in [7, 11) is 0. The molecule has 0 atom stereocenters. The predicted octanol–water partition coefficient (Wildman–Crippen LogP) is 1.32. The summed E-state index contributed by atoms with van der Waals surface area (Å²) in [6, 6.07) is 0. The van der Waals surface area contributed by atoms with Crippen LogP contribution < -0.4 is 5.32 Å². The highest BCUT2D eigenvalue weighted by Crippen LogP contribution is 2.17. The summed E-state index contributed by atoms with van der Waals surface area (Å²) in [6.07, 6.45) is 6.07. The van der Waals surface area contributed by atoms with Crippen LogP contribution in [0, 0.1) is 5.92 Å². The zero-order valence-electron chi connectivity index (χ0n) is 12.4. The molecule has 0 aromatic heterocycles. The normalized spacial score (nSPS) is 22.1. The van der Waals surface area contributed by atoms with Crippen LogP contribution in [-0.4, -0.2) is 61.5 Å². The van der Waals surface area contributed by atoms with Crippen molar-refractivity contribution in [3.05, 3.63) is 0 Å². The van der Waals surface area contributed by atoms with E-state index < -0.39 is 0 Å². The van der Waals surface area contributed by atoms with Crippen molar-refractivity contribution >= 4 is 5.91 Å². The van der Waals surface area contributed by atoms with Crippen LogP contribution in [0.25, 0.3) is 0 Å². The van der Waals surface area contributed by atoms with E-state index in [-0.39, 0.29) is 0 Å². The number of hydrogen-bond acceptors (Lipinski definition) is 3. The summed E-state index contributed by atoms with van der Waals surface area (Å²) >= 11 is 0. The smallest absolute Gasteiger partial charge is 0.236 e. The Morgan fingerprint density at radius 3 is 2.47 bits per heavy atom. The molecule has 2 heterocycles. The maximum Gasteiger partial charge on any atom is 0.236 e. The van der Waals surface area contributed by atoms with Crippen LogP contribution in [0.3, 0.4) is 0 Å². The standard InChI is InChI=1S/C15H29N3O/c1-2-7-16-12-14-5-10-17(11-6-14)13-15(19)18-8-3-4-9-18/h14,16H,2-13H2,1H3. The van der Waals surface area contributed by atoms with Gasteiger partial charge in [-0.1, -0.05) is 6.92 Å². The molecule has 110 valence electrons. The number of rotatable bonds is 6. The molecule has 0 aromatic carbocycles. The lowest BCUT2D eigenvalue weighted by Gasteiger charge is -2.32. The fraction of sp³-hybridized carbons (Fsp3) is 0.933. The average Bonchev–Trinajstić information content (AvgIpc) is 2.95. The maximum absolute atomic E-state index is 12.1. The molecule has 1 amide bonds. The lowest BCUT2D eigenvalue weighted by atomic mass is 9.97. The molecule has 2 fully saturated rings. The molecule has 0 radical (unpaired) electrons. The number of amides is 1. The lowest BCUT2D eigenvalue weighted by Crippen LogP contribution is -2.43. The Hall–Kier alpha value is -0.610. The summed E-state index contributed by atoms with van der Waals surface area (Å²) in [5, 5.41) is 3.51. The second-order valence-electron chi connectivity index (χ2n) is 6.01. The summed E-state index contributed by atoms with van der Waals surface area (Å²) in [6.45, 7) is 9.30. The lowest BCUT2D eigenvalue weighted by molar-refractivity contribution is -0.131. The summed E-state index contributed by atoms with van der Waals surface area (Å²) in [5.41, 5.74) is 0. The van der Waals surface area contributed by atoms with Crippen molar-refractivity contribution in [3.63, 3.8) is 0 Å². The zero-order valence-corrected chi connectivity index (χ0v) is 12.4. The van der Waals surface area contributed by atoms with E-state index in [0.29, 0.717) is 12.5 Å².